The van der Waals surface area contributed by atoms with Gasteiger partial charge in [0.05, 0.1) is 12.6 Å². The fourth-order valence-corrected chi connectivity index (χ4v) is 3.88. The largest absolute Gasteiger partial charge is 0.419 e. The van der Waals surface area contributed by atoms with Gasteiger partial charge in [-0.25, -0.2) is 0 Å². The fraction of sp³-hybridized carbons (Fsp3) is 0.529. The molecular formula is C17H21N3O2. The SMILES string of the molecule is OC1C[C@H]2CCC[C@@H](C1)N2Cc1nnc(-c2ccccc2)o1. The van der Waals surface area contributed by atoms with Gasteiger partial charge in [0.2, 0.25) is 11.8 Å². The molecule has 5 nitrogen and oxygen atoms in total. The molecule has 5 heteroatoms. The number of fused-ring (bicyclic) bond motifs is 2. The lowest BCUT2D eigenvalue weighted by Crippen LogP contribution is -2.52. The first-order valence-corrected chi connectivity index (χ1v) is 8.11. The van der Waals surface area contributed by atoms with E-state index in [4.69, 9.17) is 4.42 Å². The molecule has 4 rings (SSSR count). The number of nitrogens with zero attached hydrogens (tertiary/aromatic N) is 3. The molecule has 2 aromatic rings. The summed E-state index contributed by atoms with van der Waals surface area (Å²) in [5, 5.41) is 18.4. The summed E-state index contributed by atoms with van der Waals surface area (Å²) in [5.41, 5.74) is 0.954. The molecule has 2 aliphatic rings. The Morgan fingerprint density at radius 2 is 1.82 bits per heavy atom. The smallest absolute Gasteiger partial charge is 0.247 e. The molecule has 0 amide bonds. The summed E-state index contributed by atoms with van der Waals surface area (Å²) < 4.78 is 5.84. The number of benzene rings is 1. The van der Waals surface area contributed by atoms with Crippen molar-refractivity contribution in [2.75, 3.05) is 0 Å². The van der Waals surface area contributed by atoms with Crippen LogP contribution in [0.5, 0.6) is 0 Å². The van der Waals surface area contributed by atoms with Crippen LogP contribution in [0.1, 0.15) is 38.0 Å². The normalized spacial score (nSPS) is 28.7. The van der Waals surface area contributed by atoms with Gasteiger partial charge < -0.3 is 9.52 Å². The molecule has 1 aromatic heterocycles. The van der Waals surface area contributed by atoms with E-state index in [0.717, 1.165) is 31.2 Å². The van der Waals surface area contributed by atoms with Gasteiger partial charge in [0.15, 0.2) is 0 Å². The minimum absolute atomic E-state index is 0.144. The highest BCUT2D eigenvalue weighted by Crippen LogP contribution is 2.35. The van der Waals surface area contributed by atoms with Crippen molar-refractivity contribution < 1.29 is 9.52 Å². The molecule has 2 saturated heterocycles. The maximum absolute atomic E-state index is 9.97. The van der Waals surface area contributed by atoms with Crippen molar-refractivity contribution in [3.63, 3.8) is 0 Å². The minimum atomic E-state index is -0.144. The highest BCUT2D eigenvalue weighted by atomic mass is 16.4. The quantitative estimate of drug-likeness (QED) is 0.944. The zero-order chi connectivity index (χ0) is 14.9. The maximum atomic E-state index is 9.97. The molecule has 2 fully saturated rings. The lowest BCUT2D eigenvalue weighted by atomic mass is 9.83. The van der Waals surface area contributed by atoms with E-state index in [9.17, 15) is 5.11 Å². The molecule has 0 aliphatic carbocycles. The van der Waals surface area contributed by atoms with E-state index < -0.39 is 0 Å². The Hall–Kier alpha value is -1.72. The number of rotatable bonds is 3. The van der Waals surface area contributed by atoms with E-state index in [1.54, 1.807) is 0 Å². The van der Waals surface area contributed by atoms with Crippen molar-refractivity contribution in [2.24, 2.45) is 0 Å². The monoisotopic (exact) mass is 299 g/mol. The van der Waals surface area contributed by atoms with Crippen LogP contribution in [0.3, 0.4) is 0 Å². The van der Waals surface area contributed by atoms with Crippen LogP contribution < -0.4 is 0 Å². The zero-order valence-corrected chi connectivity index (χ0v) is 12.6. The Labute approximate surface area is 130 Å². The molecule has 22 heavy (non-hydrogen) atoms. The van der Waals surface area contributed by atoms with Gasteiger partial charge in [-0.05, 0) is 37.8 Å². The number of aliphatic hydroxyl groups is 1. The van der Waals surface area contributed by atoms with Gasteiger partial charge in [0.1, 0.15) is 0 Å². The van der Waals surface area contributed by atoms with E-state index in [2.05, 4.69) is 15.1 Å². The second-order valence-electron chi connectivity index (χ2n) is 6.40. The zero-order valence-electron chi connectivity index (χ0n) is 12.6. The highest BCUT2D eigenvalue weighted by molar-refractivity contribution is 5.51. The topological polar surface area (TPSA) is 62.4 Å². The van der Waals surface area contributed by atoms with E-state index in [1.165, 1.54) is 6.42 Å². The molecule has 0 radical (unpaired) electrons. The summed E-state index contributed by atoms with van der Waals surface area (Å²) in [4.78, 5) is 2.46. The summed E-state index contributed by atoms with van der Waals surface area (Å²) in [7, 11) is 0. The standard InChI is InChI=1S/C17H21N3O2/c21-15-9-13-7-4-8-14(10-15)20(13)11-16-18-19-17(22-16)12-5-2-1-3-6-12/h1-3,5-6,13-15,21H,4,7-11H2/t13-,14+,15?. The first kappa shape index (κ1) is 13.9. The Bertz CT molecular complexity index is 614. The van der Waals surface area contributed by atoms with Crippen LogP contribution in [-0.4, -0.2) is 38.4 Å². The van der Waals surface area contributed by atoms with Crippen molar-refractivity contribution in [3.8, 4) is 11.5 Å². The lowest BCUT2D eigenvalue weighted by molar-refractivity contribution is -0.0350. The Kier molecular flexibility index (Phi) is 3.68. The Morgan fingerprint density at radius 3 is 2.55 bits per heavy atom. The summed E-state index contributed by atoms with van der Waals surface area (Å²) in [6, 6.07) is 10.8. The average molecular weight is 299 g/mol. The summed E-state index contributed by atoms with van der Waals surface area (Å²) in [5.74, 6) is 1.25. The third-order valence-corrected chi connectivity index (χ3v) is 4.91. The Balaban J connectivity index is 1.51. The predicted octanol–water partition coefficient (Wildman–Crippen LogP) is 2.61. The van der Waals surface area contributed by atoms with Crippen LogP contribution in [-0.2, 0) is 6.54 Å². The second kappa shape index (κ2) is 5.82. The number of hydrogen-bond donors (Lipinski definition) is 1. The third-order valence-electron chi connectivity index (χ3n) is 4.91. The van der Waals surface area contributed by atoms with E-state index in [-0.39, 0.29) is 6.10 Å². The van der Waals surface area contributed by atoms with Crippen molar-refractivity contribution in [1.82, 2.24) is 15.1 Å². The van der Waals surface area contributed by atoms with Crippen LogP contribution in [0.4, 0.5) is 0 Å². The molecule has 1 aromatic carbocycles. The van der Waals surface area contributed by atoms with Crippen LogP contribution in [0.2, 0.25) is 0 Å². The molecule has 2 bridgehead atoms. The number of piperidine rings is 2. The van der Waals surface area contributed by atoms with Gasteiger partial charge in [-0.2, -0.15) is 0 Å². The van der Waals surface area contributed by atoms with Gasteiger partial charge in [0.25, 0.3) is 0 Å². The van der Waals surface area contributed by atoms with E-state index in [1.807, 2.05) is 30.3 Å². The number of aliphatic hydroxyl groups excluding tert-OH is 1. The van der Waals surface area contributed by atoms with Crippen LogP contribution in [0.25, 0.3) is 11.5 Å². The molecular weight excluding hydrogens is 278 g/mol. The molecule has 0 saturated carbocycles. The molecule has 2 aliphatic heterocycles. The van der Waals surface area contributed by atoms with Crippen LogP contribution in [0, 0.1) is 0 Å². The summed E-state index contributed by atoms with van der Waals surface area (Å²) in [6.45, 7) is 0.696. The lowest BCUT2D eigenvalue weighted by Gasteiger charge is -2.47. The van der Waals surface area contributed by atoms with Crippen molar-refractivity contribution >= 4 is 0 Å². The van der Waals surface area contributed by atoms with Gasteiger partial charge >= 0.3 is 0 Å². The Morgan fingerprint density at radius 1 is 1.09 bits per heavy atom. The van der Waals surface area contributed by atoms with Gasteiger partial charge in [0, 0.05) is 17.6 Å². The summed E-state index contributed by atoms with van der Waals surface area (Å²) >= 11 is 0. The fourth-order valence-electron chi connectivity index (χ4n) is 3.88. The van der Waals surface area contributed by atoms with E-state index in [0.29, 0.717) is 30.4 Å². The first-order valence-electron chi connectivity index (χ1n) is 8.11. The minimum Gasteiger partial charge on any atom is -0.419 e. The highest BCUT2D eigenvalue weighted by Gasteiger charge is 2.38. The summed E-state index contributed by atoms with van der Waals surface area (Å²) in [6.07, 6.45) is 5.18. The molecule has 1 N–H and O–H groups in total. The maximum Gasteiger partial charge on any atom is 0.247 e. The van der Waals surface area contributed by atoms with Gasteiger partial charge in [-0.15, -0.1) is 10.2 Å². The predicted molar refractivity (Wildman–Crippen MR) is 81.9 cm³/mol. The van der Waals surface area contributed by atoms with Crippen LogP contribution in [0.15, 0.2) is 34.7 Å². The van der Waals surface area contributed by atoms with Gasteiger partial charge in [-0.1, -0.05) is 24.6 Å². The first-order chi connectivity index (χ1) is 10.8. The molecule has 3 atom stereocenters. The van der Waals surface area contributed by atoms with Crippen LogP contribution >= 0.6 is 0 Å². The molecule has 116 valence electrons. The number of aromatic nitrogens is 2. The van der Waals surface area contributed by atoms with Crippen molar-refractivity contribution in [1.29, 1.82) is 0 Å². The number of hydrogen-bond acceptors (Lipinski definition) is 5. The average Bonchev–Trinajstić information content (AvgIpc) is 2.98. The molecule has 0 spiro atoms. The molecule has 1 unspecified atom stereocenters. The molecule has 3 heterocycles. The van der Waals surface area contributed by atoms with E-state index >= 15 is 0 Å². The van der Waals surface area contributed by atoms with Crippen molar-refractivity contribution in [3.05, 3.63) is 36.2 Å². The third kappa shape index (κ3) is 2.66. The van der Waals surface area contributed by atoms with Crippen molar-refractivity contribution in [2.45, 2.75) is 56.8 Å². The van der Waals surface area contributed by atoms with Gasteiger partial charge in [-0.3, -0.25) is 4.90 Å². The second-order valence-corrected chi connectivity index (χ2v) is 6.40.